The van der Waals surface area contributed by atoms with Gasteiger partial charge in [0, 0.05) is 11.5 Å². The Balaban J connectivity index is -0.000000205. The van der Waals surface area contributed by atoms with Crippen LogP contribution in [0.15, 0.2) is 48.5 Å². The van der Waals surface area contributed by atoms with Crippen LogP contribution < -0.4 is 0 Å². The summed E-state index contributed by atoms with van der Waals surface area (Å²) in [5.41, 5.74) is 0. The maximum atomic E-state index is 8.61. The van der Waals surface area contributed by atoms with Gasteiger partial charge in [-0.3, -0.25) is 0 Å². The predicted octanol–water partition coefficient (Wildman–Crippen LogP) is 4.43. The molecule has 2 rings (SSSR count). The molecule has 2 nitrogen and oxygen atoms in total. The molecule has 2 N–H and O–H groups in total. The fourth-order valence-corrected chi connectivity index (χ4v) is 0.756. The summed E-state index contributed by atoms with van der Waals surface area (Å²) in [6, 6.07) is 18.5. The summed E-state index contributed by atoms with van der Waals surface area (Å²) in [6.07, 6.45) is 0. The SMILES string of the molecule is CC.CC.Oc1cc[c-]cc1.Oc1cc[c-]cc1.[W+2]. The summed E-state index contributed by atoms with van der Waals surface area (Å²) in [7, 11) is 0. The van der Waals surface area contributed by atoms with E-state index in [2.05, 4.69) is 12.1 Å². The van der Waals surface area contributed by atoms with E-state index < -0.39 is 0 Å². The zero-order chi connectivity index (χ0) is 14.2. The number of aromatic hydroxyl groups is 2. The van der Waals surface area contributed by atoms with Crippen LogP contribution in [0.25, 0.3) is 0 Å². The van der Waals surface area contributed by atoms with E-state index in [0.717, 1.165) is 0 Å². The van der Waals surface area contributed by atoms with Crippen molar-refractivity contribution in [2.45, 2.75) is 27.7 Å². The van der Waals surface area contributed by atoms with Crippen molar-refractivity contribution in [1.29, 1.82) is 0 Å². The third-order valence-electron chi connectivity index (χ3n) is 1.40. The zero-order valence-corrected chi connectivity index (χ0v) is 14.9. The smallest absolute Gasteiger partial charge is 0.533 e. The van der Waals surface area contributed by atoms with E-state index in [1.165, 1.54) is 0 Å². The molecule has 2 aromatic carbocycles. The van der Waals surface area contributed by atoms with Gasteiger partial charge in [-0.15, -0.1) is 24.3 Å². The van der Waals surface area contributed by atoms with Crippen LogP contribution in [0.3, 0.4) is 0 Å². The Labute approximate surface area is 131 Å². The molecule has 19 heavy (non-hydrogen) atoms. The van der Waals surface area contributed by atoms with Crippen molar-refractivity contribution in [3.63, 3.8) is 0 Å². The van der Waals surface area contributed by atoms with E-state index >= 15 is 0 Å². The van der Waals surface area contributed by atoms with Crippen LogP contribution in [0, 0.1) is 12.1 Å². The molecule has 0 radical (unpaired) electrons. The summed E-state index contributed by atoms with van der Waals surface area (Å²) in [4.78, 5) is 0. The van der Waals surface area contributed by atoms with Gasteiger partial charge >= 0.3 is 21.1 Å². The molecular weight excluding hydrogens is 408 g/mol. The van der Waals surface area contributed by atoms with Gasteiger partial charge in [0.15, 0.2) is 0 Å². The number of phenolic OH excluding ortho intramolecular Hbond substituents is 2. The maximum absolute atomic E-state index is 8.61. The molecule has 3 heteroatoms. The standard InChI is InChI=1S/2C6H5O.2C2H6.W/c2*7-6-4-2-1-3-5-6;2*1-2;/h2*2-5,7H;2*1-2H3;/q2*-1;;;+2. The molecule has 0 heterocycles. The first-order chi connectivity index (χ1) is 8.79. The molecule has 0 aliphatic rings. The van der Waals surface area contributed by atoms with Gasteiger partial charge in [-0.05, 0) is 0 Å². The zero-order valence-electron chi connectivity index (χ0n) is 11.9. The van der Waals surface area contributed by atoms with Crippen LogP contribution in [0.2, 0.25) is 0 Å². The van der Waals surface area contributed by atoms with Crippen molar-refractivity contribution in [2.75, 3.05) is 0 Å². The average molecular weight is 430 g/mol. The molecule has 0 fully saturated rings. The van der Waals surface area contributed by atoms with E-state index in [-0.39, 0.29) is 21.1 Å². The number of benzene rings is 2. The Hall–Kier alpha value is -1.27. The van der Waals surface area contributed by atoms with Gasteiger partial charge < -0.3 is 10.2 Å². The molecule has 104 valence electrons. The first-order valence-electron chi connectivity index (χ1n) is 6.09. The number of hydrogen-bond acceptors (Lipinski definition) is 2. The molecule has 0 atom stereocenters. The molecule has 0 aliphatic heterocycles. The second-order valence-electron chi connectivity index (χ2n) is 2.52. The van der Waals surface area contributed by atoms with Crippen LogP contribution >= 0.6 is 0 Å². The van der Waals surface area contributed by atoms with Crippen molar-refractivity contribution in [3.8, 4) is 11.5 Å². The van der Waals surface area contributed by atoms with Crippen molar-refractivity contribution in [3.05, 3.63) is 60.7 Å². The third kappa shape index (κ3) is 16.7. The normalized spacial score (nSPS) is 6.95. The van der Waals surface area contributed by atoms with Gasteiger partial charge in [0.2, 0.25) is 0 Å². The molecule has 2 aromatic rings. The first-order valence-corrected chi connectivity index (χ1v) is 6.09. The minimum atomic E-state index is 0. The minimum absolute atomic E-state index is 0. The maximum Gasteiger partial charge on any atom is 2.00 e. The summed E-state index contributed by atoms with van der Waals surface area (Å²) in [5.74, 6) is 0.581. The van der Waals surface area contributed by atoms with Gasteiger partial charge in [0.05, 0.1) is 0 Å². The van der Waals surface area contributed by atoms with Gasteiger partial charge in [0.25, 0.3) is 0 Å². The second kappa shape index (κ2) is 19.1. The molecule has 0 unspecified atom stereocenters. The molecular formula is C16H22O2W. The quantitative estimate of drug-likeness (QED) is 0.608. The first kappa shape index (κ1) is 22.9. The summed E-state index contributed by atoms with van der Waals surface area (Å²) in [6.45, 7) is 8.00. The molecule has 0 amide bonds. The number of hydrogen-bond donors (Lipinski definition) is 2. The molecule has 0 aliphatic carbocycles. The largest absolute Gasteiger partial charge is 2.00 e. The summed E-state index contributed by atoms with van der Waals surface area (Å²) in [5, 5.41) is 17.2. The van der Waals surface area contributed by atoms with Crippen LogP contribution in [0.5, 0.6) is 11.5 Å². The van der Waals surface area contributed by atoms with Crippen LogP contribution in [0.1, 0.15) is 27.7 Å². The fourth-order valence-electron chi connectivity index (χ4n) is 0.756. The van der Waals surface area contributed by atoms with Gasteiger partial charge in [-0.25, -0.2) is 0 Å². The third-order valence-corrected chi connectivity index (χ3v) is 1.40. The Bertz CT molecular complexity index is 312. The monoisotopic (exact) mass is 430 g/mol. The molecule has 0 aromatic heterocycles. The van der Waals surface area contributed by atoms with Crippen LogP contribution in [-0.4, -0.2) is 10.2 Å². The van der Waals surface area contributed by atoms with Crippen molar-refractivity contribution < 1.29 is 31.3 Å². The Kier molecular flexibility index (Phi) is 23.0. The topological polar surface area (TPSA) is 40.5 Å². The minimum Gasteiger partial charge on any atom is -0.533 e. The summed E-state index contributed by atoms with van der Waals surface area (Å²) < 4.78 is 0. The molecule has 0 spiro atoms. The molecule has 0 saturated carbocycles. The number of rotatable bonds is 0. The molecule has 0 saturated heterocycles. The van der Waals surface area contributed by atoms with Crippen molar-refractivity contribution in [1.82, 2.24) is 0 Å². The second-order valence-corrected chi connectivity index (χ2v) is 2.52. The average Bonchev–Trinajstić information content (AvgIpc) is 2.46. The molecule has 0 bridgehead atoms. The van der Waals surface area contributed by atoms with Crippen molar-refractivity contribution >= 4 is 0 Å². The van der Waals surface area contributed by atoms with Crippen LogP contribution in [0.4, 0.5) is 0 Å². The Morgan fingerprint density at radius 2 is 0.842 bits per heavy atom. The van der Waals surface area contributed by atoms with E-state index in [0.29, 0.717) is 11.5 Å². The van der Waals surface area contributed by atoms with Gasteiger partial charge in [-0.2, -0.15) is 36.4 Å². The van der Waals surface area contributed by atoms with Gasteiger partial charge in [0.1, 0.15) is 0 Å². The van der Waals surface area contributed by atoms with E-state index in [1.807, 2.05) is 27.7 Å². The number of phenols is 2. The Morgan fingerprint density at radius 3 is 0.947 bits per heavy atom. The van der Waals surface area contributed by atoms with Gasteiger partial charge in [-0.1, -0.05) is 27.7 Å². The van der Waals surface area contributed by atoms with Crippen LogP contribution in [-0.2, 0) is 21.1 Å². The van der Waals surface area contributed by atoms with E-state index in [9.17, 15) is 0 Å². The summed E-state index contributed by atoms with van der Waals surface area (Å²) >= 11 is 0. The predicted molar refractivity (Wildman–Crippen MR) is 76.6 cm³/mol. The Morgan fingerprint density at radius 1 is 0.632 bits per heavy atom. The van der Waals surface area contributed by atoms with E-state index in [4.69, 9.17) is 10.2 Å². The van der Waals surface area contributed by atoms with E-state index in [1.54, 1.807) is 48.5 Å². The fraction of sp³-hybridized carbons (Fsp3) is 0.250. The van der Waals surface area contributed by atoms with Crippen molar-refractivity contribution in [2.24, 2.45) is 0 Å².